The van der Waals surface area contributed by atoms with Crippen molar-refractivity contribution < 1.29 is 8.42 Å². The molecule has 4 heteroatoms. The summed E-state index contributed by atoms with van der Waals surface area (Å²) in [5, 5.41) is -0.387. The molecular weight excluding hydrogens is 210 g/mol. The minimum atomic E-state index is -3.27. The Hall–Kier alpha value is -1.03. The van der Waals surface area contributed by atoms with Crippen LogP contribution in [0.15, 0.2) is 23.1 Å². The van der Waals surface area contributed by atoms with E-state index >= 15 is 0 Å². The quantitative estimate of drug-likeness (QED) is 0.805. The van der Waals surface area contributed by atoms with Crippen LogP contribution in [-0.4, -0.2) is 13.7 Å². The van der Waals surface area contributed by atoms with Crippen molar-refractivity contribution in [3.8, 4) is 0 Å². The first-order valence-electron chi connectivity index (χ1n) is 4.99. The monoisotopic (exact) mass is 227 g/mol. The number of hydrogen-bond donors (Lipinski definition) is 1. The van der Waals surface area contributed by atoms with Crippen LogP contribution in [0.5, 0.6) is 0 Å². The van der Waals surface area contributed by atoms with Crippen LogP contribution in [0.4, 0.5) is 5.69 Å². The van der Waals surface area contributed by atoms with Gasteiger partial charge < -0.3 is 5.73 Å². The number of benzene rings is 1. The first kappa shape index (κ1) is 12.0. The van der Waals surface area contributed by atoms with Gasteiger partial charge in [0.1, 0.15) is 0 Å². The van der Waals surface area contributed by atoms with Crippen LogP contribution >= 0.6 is 0 Å². The summed E-state index contributed by atoms with van der Waals surface area (Å²) in [7, 11) is -3.27. The summed E-state index contributed by atoms with van der Waals surface area (Å²) in [4.78, 5) is 0.261. The van der Waals surface area contributed by atoms with Gasteiger partial charge >= 0.3 is 0 Å². The molecule has 1 atom stereocenters. The molecule has 0 aromatic heterocycles. The standard InChI is InChI=1S/C11H17NO2S/c1-4-9(3)15(13,14)11-7-8(2)5-6-10(11)12/h5-7,9H,4,12H2,1-3H3. The molecule has 0 fully saturated rings. The predicted octanol–water partition coefficient (Wildman–Crippen LogP) is 2.15. The molecule has 3 nitrogen and oxygen atoms in total. The lowest BCUT2D eigenvalue weighted by atomic mass is 10.2. The van der Waals surface area contributed by atoms with E-state index in [0.717, 1.165) is 5.56 Å². The summed E-state index contributed by atoms with van der Waals surface area (Å²) in [6, 6.07) is 5.09. The van der Waals surface area contributed by atoms with Crippen LogP contribution in [0.25, 0.3) is 0 Å². The minimum Gasteiger partial charge on any atom is -0.398 e. The van der Waals surface area contributed by atoms with E-state index in [2.05, 4.69) is 0 Å². The lowest BCUT2D eigenvalue weighted by molar-refractivity contribution is 0.581. The number of nitrogen functional groups attached to an aromatic ring is 1. The fourth-order valence-electron chi connectivity index (χ4n) is 1.32. The Labute approximate surface area is 91.2 Å². The van der Waals surface area contributed by atoms with Crippen molar-refractivity contribution in [3.05, 3.63) is 23.8 Å². The van der Waals surface area contributed by atoms with Crippen LogP contribution in [0.2, 0.25) is 0 Å². The molecule has 0 heterocycles. The lowest BCUT2D eigenvalue weighted by Gasteiger charge is -2.13. The molecule has 1 unspecified atom stereocenters. The molecule has 84 valence electrons. The van der Waals surface area contributed by atoms with Crippen molar-refractivity contribution in [2.24, 2.45) is 0 Å². The first-order chi connectivity index (χ1) is 6.89. The zero-order valence-corrected chi connectivity index (χ0v) is 10.1. The van der Waals surface area contributed by atoms with Gasteiger partial charge in [-0.15, -0.1) is 0 Å². The van der Waals surface area contributed by atoms with Crippen molar-refractivity contribution in [2.45, 2.75) is 37.3 Å². The minimum absolute atomic E-state index is 0.261. The van der Waals surface area contributed by atoms with Gasteiger partial charge in [-0.05, 0) is 38.0 Å². The average Bonchev–Trinajstić information content (AvgIpc) is 2.20. The Kier molecular flexibility index (Phi) is 3.39. The van der Waals surface area contributed by atoms with Gasteiger partial charge in [-0.25, -0.2) is 8.42 Å². The van der Waals surface area contributed by atoms with Gasteiger partial charge in [0.05, 0.1) is 15.8 Å². The Balaban J connectivity index is 3.33. The highest BCUT2D eigenvalue weighted by Crippen LogP contribution is 2.24. The third-order valence-corrected chi connectivity index (χ3v) is 4.94. The third kappa shape index (κ3) is 2.31. The Morgan fingerprint density at radius 3 is 2.53 bits per heavy atom. The zero-order chi connectivity index (χ0) is 11.6. The van der Waals surface area contributed by atoms with Gasteiger partial charge in [0.15, 0.2) is 9.84 Å². The number of rotatable bonds is 3. The summed E-state index contributed by atoms with van der Waals surface area (Å²) >= 11 is 0. The lowest BCUT2D eigenvalue weighted by Crippen LogP contribution is -2.18. The first-order valence-corrected chi connectivity index (χ1v) is 6.54. The SMILES string of the molecule is CCC(C)S(=O)(=O)c1cc(C)ccc1N. The molecule has 15 heavy (non-hydrogen) atoms. The maximum absolute atomic E-state index is 12.1. The largest absolute Gasteiger partial charge is 0.398 e. The fraction of sp³-hybridized carbons (Fsp3) is 0.455. The molecule has 1 rings (SSSR count). The molecule has 2 N–H and O–H groups in total. The molecule has 1 aromatic carbocycles. The van der Waals surface area contributed by atoms with E-state index in [-0.39, 0.29) is 10.1 Å². The molecule has 0 radical (unpaired) electrons. The maximum atomic E-state index is 12.1. The van der Waals surface area contributed by atoms with E-state index in [1.807, 2.05) is 19.9 Å². The highest BCUT2D eigenvalue weighted by Gasteiger charge is 2.23. The molecular formula is C11H17NO2S. The summed E-state index contributed by atoms with van der Waals surface area (Å²) in [5.74, 6) is 0. The second-order valence-electron chi connectivity index (χ2n) is 3.81. The van der Waals surface area contributed by atoms with E-state index in [0.29, 0.717) is 12.1 Å². The molecule has 0 aliphatic carbocycles. The van der Waals surface area contributed by atoms with Gasteiger partial charge in [-0.2, -0.15) is 0 Å². The second-order valence-corrected chi connectivity index (χ2v) is 6.14. The Bertz CT molecular complexity index is 452. The van der Waals surface area contributed by atoms with Crippen LogP contribution in [0.1, 0.15) is 25.8 Å². The summed E-state index contributed by atoms with van der Waals surface area (Å²) < 4.78 is 24.1. The molecule has 1 aromatic rings. The number of sulfone groups is 1. The third-order valence-electron chi connectivity index (χ3n) is 2.58. The van der Waals surface area contributed by atoms with Gasteiger partial charge in [-0.1, -0.05) is 13.0 Å². The number of nitrogens with two attached hydrogens (primary N) is 1. The Morgan fingerprint density at radius 1 is 1.40 bits per heavy atom. The van der Waals surface area contributed by atoms with Crippen LogP contribution in [0, 0.1) is 6.92 Å². The molecule has 0 aliphatic rings. The molecule has 0 spiro atoms. The van der Waals surface area contributed by atoms with E-state index in [1.165, 1.54) is 0 Å². The van der Waals surface area contributed by atoms with E-state index in [1.54, 1.807) is 19.1 Å². The van der Waals surface area contributed by atoms with Crippen molar-refractivity contribution in [2.75, 3.05) is 5.73 Å². The maximum Gasteiger partial charge on any atom is 0.182 e. The molecule has 0 saturated carbocycles. The van der Waals surface area contributed by atoms with Gasteiger partial charge in [0.2, 0.25) is 0 Å². The number of aryl methyl sites for hydroxylation is 1. The molecule has 0 bridgehead atoms. The van der Waals surface area contributed by atoms with Crippen LogP contribution in [-0.2, 0) is 9.84 Å². The van der Waals surface area contributed by atoms with Crippen LogP contribution < -0.4 is 5.73 Å². The van der Waals surface area contributed by atoms with Gasteiger partial charge in [-0.3, -0.25) is 0 Å². The topological polar surface area (TPSA) is 60.2 Å². The summed E-state index contributed by atoms with van der Waals surface area (Å²) in [6.45, 7) is 5.42. The fourth-order valence-corrected chi connectivity index (χ4v) is 2.94. The molecule has 0 saturated heterocycles. The average molecular weight is 227 g/mol. The molecule has 0 amide bonds. The summed E-state index contributed by atoms with van der Waals surface area (Å²) in [6.07, 6.45) is 0.593. The highest BCUT2D eigenvalue weighted by atomic mass is 32.2. The van der Waals surface area contributed by atoms with Gasteiger partial charge in [0, 0.05) is 0 Å². The molecule has 0 aliphatic heterocycles. The summed E-state index contributed by atoms with van der Waals surface area (Å²) in [5.41, 5.74) is 6.93. The number of hydrogen-bond acceptors (Lipinski definition) is 3. The van der Waals surface area contributed by atoms with E-state index in [9.17, 15) is 8.42 Å². The highest BCUT2D eigenvalue weighted by molar-refractivity contribution is 7.92. The van der Waals surface area contributed by atoms with Gasteiger partial charge in [0.25, 0.3) is 0 Å². The van der Waals surface area contributed by atoms with Crippen molar-refractivity contribution in [1.29, 1.82) is 0 Å². The smallest absolute Gasteiger partial charge is 0.182 e. The number of anilines is 1. The van der Waals surface area contributed by atoms with E-state index in [4.69, 9.17) is 5.73 Å². The second kappa shape index (κ2) is 4.23. The van der Waals surface area contributed by atoms with E-state index < -0.39 is 9.84 Å². The van der Waals surface area contributed by atoms with Crippen molar-refractivity contribution in [1.82, 2.24) is 0 Å². The van der Waals surface area contributed by atoms with Crippen LogP contribution in [0.3, 0.4) is 0 Å². The predicted molar refractivity (Wildman–Crippen MR) is 62.5 cm³/mol. The zero-order valence-electron chi connectivity index (χ0n) is 9.32. The van der Waals surface area contributed by atoms with Crippen molar-refractivity contribution >= 4 is 15.5 Å². The van der Waals surface area contributed by atoms with Crippen molar-refractivity contribution in [3.63, 3.8) is 0 Å². The normalized spacial score (nSPS) is 13.8. The Morgan fingerprint density at radius 2 is 2.00 bits per heavy atom.